The lowest BCUT2D eigenvalue weighted by Gasteiger charge is -2.50. The number of alkyl halides is 6. The maximum atomic E-state index is 13.3. The number of aliphatic hydroxyl groups is 1. The van der Waals surface area contributed by atoms with E-state index in [1.54, 1.807) is 0 Å². The minimum atomic E-state index is -5.83. The molecule has 2 aliphatic carbocycles. The second kappa shape index (κ2) is 7.05. The van der Waals surface area contributed by atoms with Gasteiger partial charge in [0.1, 0.15) is 6.10 Å². The highest BCUT2D eigenvalue weighted by Crippen LogP contribution is 2.57. The Kier molecular flexibility index (Phi) is 5.71. The van der Waals surface area contributed by atoms with Crippen LogP contribution in [-0.4, -0.2) is 35.1 Å². The van der Waals surface area contributed by atoms with E-state index >= 15 is 0 Å². The van der Waals surface area contributed by atoms with Crippen molar-refractivity contribution in [3.63, 3.8) is 0 Å². The van der Waals surface area contributed by atoms with Crippen molar-refractivity contribution in [2.75, 3.05) is 0 Å². The lowest BCUT2D eigenvalue weighted by Crippen LogP contribution is -2.65. The quantitative estimate of drug-likeness (QED) is 0.439. The minimum Gasteiger partial charge on any atom is -0.459 e. The maximum absolute atomic E-state index is 13.3. The van der Waals surface area contributed by atoms with Crippen LogP contribution >= 0.6 is 0 Å². The normalized spacial score (nSPS) is 30.5. The van der Waals surface area contributed by atoms with E-state index in [2.05, 4.69) is 6.58 Å². The van der Waals surface area contributed by atoms with E-state index in [-0.39, 0.29) is 24.8 Å². The third-order valence-electron chi connectivity index (χ3n) is 5.63. The van der Waals surface area contributed by atoms with Crippen molar-refractivity contribution in [3.8, 4) is 0 Å². The Morgan fingerprint density at radius 1 is 0.962 bits per heavy atom. The van der Waals surface area contributed by atoms with Crippen molar-refractivity contribution in [1.82, 2.24) is 0 Å². The molecule has 0 aliphatic heterocycles. The van der Waals surface area contributed by atoms with Crippen molar-refractivity contribution in [2.45, 2.75) is 69.5 Å². The number of esters is 1. The van der Waals surface area contributed by atoms with Gasteiger partial charge in [-0.05, 0) is 50.9 Å². The number of ether oxygens (including phenoxy) is 1. The summed E-state index contributed by atoms with van der Waals surface area (Å²) in [5, 5.41) is 9.83. The third kappa shape index (κ3) is 3.59. The SMILES string of the molecule is C=C(C)C(=O)OC1CCC[C@H]2C1CCCC2C(O)(C(F)(F)F)C(F)(F)F. The van der Waals surface area contributed by atoms with E-state index in [9.17, 15) is 36.2 Å². The Balaban J connectivity index is 2.34. The van der Waals surface area contributed by atoms with Crippen LogP contribution in [0, 0.1) is 17.8 Å². The van der Waals surface area contributed by atoms with Gasteiger partial charge in [-0.15, -0.1) is 0 Å². The first kappa shape index (κ1) is 21.1. The molecule has 2 rings (SSSR count). The molecule has 0 saturated heterocycles. The number of carbonyl (C=O) groups is 1. The van der Waals surface area contributed by atoms with Gasteiger partial charge >= 0.3 is 18.3 Å². The summed E-state index contributed by atoms with van der Waals surface area (Å²) in [5.74, 6) is -4.37. The van der Waals surface area contributed by atoms with Crippen molar-refractivity contribution in [2.24, 2.45) is 17.8 Å². The fourth-order valence-corrected chi connectivity index (χ4v) is 4.43. The van der Waals surface area contributed by atoms with Crippen LogP contribution in [0.5, 0.6) is 0 Å². The van der Waals surface area contributed by atoms with Crippen molar-refractivity contribution < 1.29 is 41.0 Å². The molecule has 0 radical (unpaired) electrons. The van der Waals surface area contributed by atoms with Gasteiger partial charge in [0, 0.05) is 11.5 Å². The number of halogens is 6. The zero-order valence-electron chi connectivity index (χ0n) is 14.3. The second-order valence-corrected chi connectivity index (χ2v) is 7.28. The monoisotopic (exact) mass is 388 g/mol. The molecule has 150 valence electrons. The van der Waals surface area contributed by atoms with Crippen LogP contribution in [0.15, 0.2) is 12.2 Å². The molecule has 0 bridgehead atoms. The fraction of sp³-hybridized carbons (Fsp3) is 0.824. The van der Waals surface area contributed by atoms with Crippen molar-refractivity contribution >= 4 is 5.97 Å². The number of hydrogen-bond donors (Lipinski definition) is 1. The molecule has 0 aromatic heterocycles. The van der Waals surface area contributed by atoms with Crippen molar-refractivity contribution in [1.29, 1.82) is 0 Å². The molecule has 2 saturated carbocycles. The molecule has 3 unspecified atom stereocenters. The second-order valence-electron chi connectivity index (χ2n) is 7.28. The van der Waals surface area contributed by atoms with Crippen LogP contribution in [0.3, 0.4) is 0 Å². The van der Waals surface area contributed by atoms with Crippen molar-refractivity contribution in [3.05, 3.63) is 12.2 Å². The molecule has 2 fully saturated rings. The molecule has 0 heterocycles. The van der Waals surface area contributed by atoms with Gasteiger partial charge in [0.25, 0.3) is 5.60 Å². The Morgan fingerprint density at radius 2 is 1.46 bits per heavy atom. The lowest BCUT2D eigenvalue weighted by molar-refractivity contribution is -0.394. The van der Waals surface area contributed by atoms with Crippen LogP contribution < -0.4 is 0 Å². The Labute approximate surface area is 147 Å². The third-order valence-corrected chi connectivity index (χ3v) is 5.63. The zero-order valence-corrected chi connectivity index (χ0v) is 14.3. The number of fused-ring (bicyclic) bond motifs is 1. The first-order chi connectivity index (χ1) is 11.8. The predicted octanol–water partition coefficient (Wildman–Crippen LogP) is 4.55. The Bertz CT molecular complexity index is 540. The molecule has 1 N–H and O–H groups in total. The van der Waals surface area contributed by atoms with Crippen LogP contribution in [-0.2, 0) is 9.53 Å². The average Bonchev–Trinajstić information content (AvgIpc) is 2.51. The number of carbonyl (C=O) groups excluding carboxylic acids is 1. The van der Waals surface area contributed by atoms with E-state index in [0.717, 1.165) is 0 Å². The summed E-state index contributed by atoms with van der Waals surface area (Å²) in [5.41, 5.74) is -4.65. The first-order valence-corrected chi connectivity index (χ1v) is 8.53. The fourth-order valence-electron chi connectivity index (χ4n) is 4.43. The molecule has 9 heteroatoms. The van der Waals surface area contributed by atoms with E-state index < -0.39 is 47.8 Å². The molecule has 0 spiro atoms. The van der Waals surface area contributed by atoms with Gasteiger partial charge in [0.2, 0.25) is 0 Å². The summed E-state index contributed by atoms with van der Waals surface area (Å²) in [6.07, 6.45) is -11.5. The van der Waals surface area contributed by atoms with E-state index in [0.29, 0.717) is 19.3 Å². The highest BCUT2D eigenvalue weighted by molar-refractivity contribution is 5.87. The van der Waals surface area contributed by atoms with Gasteiger partial charge in [-0.25, -0.2) is 4.79 Å². The number of rotatable bonds is 3. The van der Waals surface area contributed by atoms with Gasteiger partial charge in [0.05, 0.1) is 0 Å². The molecular formula is C17H22F6O3. The van der Waals surface area contributed by atoms with Crippen LogP contribution in [0.4, 0.5) is 26.3 Å². The van der Waals surface area contributed by atoms with Gasteiger partial charge in [-0.3, -0.25) is 0 Å². The van der Waals surface area contributed by atoms with Gasteiger partial charge in [-0.2, -0.15) is 26.3 Å². The summed E-state index contributed by atoms with van der Waals surface area (Å²) in [6, 6.07) is 0. The predicted molar refractivity (Wildman–Crippen MR) is 79.9 cm³/mol. The Morgan fingerprint density at radius 3 is 1.96 bits per heavy atom. The summed E-state index contributed by atoms with van der Waals surface area (Å²) in [6.45, 7) is 4.85. The zero-order chi connectivity index (χ0) is 19.9. The molecular weight excluding hydrogens is 366 g/mol. The summed E-state index contributed by atoms with van der Waals surface area (Å²) < 4.78 is 85.0. The maximum Gasteiger partial charge on any atom is 0.426 e. The van der Waals surface area contributed by atoms with E-state index in [4.69, 9.17) is 4.74 Å². The highest BCUT2D eigenvalue weighted by atomic mass is 19.4. The van der Waals surface area contributed by atoms with E-state index in [1.807, 2.05) is 0 Å². The molecule has 3 nitrogen and oxygen atoms in total. The summed E-state index contributed by atoms with van der Waals surface area (Å²) in [4.78, 5) is 11.8. The minimum absolute atomic E-state index is 0.0986. The van der Waals surface area contributed by atoms with E-state index in [1.165, 1.54) is 6.92 Å². The van der Waals surface area contributed by atoms with Crippen LogP contribution in [0.25, 0.3) is 0 Å². The molecule has 26 heavy (non-hydrogen) atoms. The number of hydrogen-bond acceptors (Lipinski definition) is 3. The van der Waals surface area contributed by atoms with Crippen LogP contribution in [0.1, 0.15) is 45.4 Å². The highest BCUT2D eigenvalue weighted by Gasteiger charge is 2.75. The largest absolute Gasteiger partial charge is 0.459 e. The smallest absolute Gasteiger partial charge is 0.426 e. The molecule has 0 aromatic rings. The van der Waals surface area contributed by atoms with Gasteiger partial charge < -0.3 is 9.84 Å². The molecule has 0 aromatic carbocycles. The standard InChI is InChI=1S/C17H22F6O3/c1-9(2)14(24)26-13-8-4-5-10-11(13)6-3-7-12(10)15(25,16(18,19)20)17(21,22)23/h10-13,25H,1,3-8H2,2H3/t10-,11?,12?,13?/m0/s1. The topological polar surface area (TPSA) is 46.5 Å². The lowest BCUT2D eigenvalue weighted by atomic mass is 9.59. The summed E-state index contributed by atoms with van der Waals surface area (Å²) >= 11 is 0. The summed E-state index contributed by atoms with van der Waals surface area (Å²) in [7, 11) is 0. The molecule has 0 amide bonds. The average molecular weight is 388 g/mol. The molecule has 2 aliphatic rings. The van der Waals surface area contributed by atoms with Gasteiger partial charge in [0.15, 0.2) is 0 Å². The van der Waals surface area contributed by atoms with Crippen LogP contribution in [0.2, 0.25) is 0 Å². The Hall–Kier alpha value is -1.25. The first-order valence-electron chi connectivity index (χ1n) is 8.53. The molecule has 4 atom stereocenters. The van der Waals surface area contributed by atoms with Gasteiger partial charge in [-0.1, -0.05) is 13.0 Å².